The standard InChI is InChI=1S/C25H32N6O/c1-3-26-25(27-17-20-9-4-5-10-21(20)18-31-15-8-14-28-31)29-22-13-16-30(19-22)23-11-6-7-12-24(23)32-2/h4-12,14-15,22H,3,13,16-19H2,1-2H3,(H2,26,27,29). The van der Waals surface area contributed by atoms with Crippen LogP contribution in [0.3, 0.4) is 0 Å². The third-order valence-electron chi connectivity index (χ3n) is 5.72. The molecule has 4 rings (SSSR count). The molecule has 0 saturated carbocycles. The molecule has 0 spiro atoms. The van der Waals surface area contributed by atoms with Crippen molar-refractivity contribution in [3.05, 3.63) is 78.1 Å². The molecule has 0 bridgehead atoms. The Morgan fingerprint density at radius 3 is 2.72 bits per heavy atom. The highest BCUT2D eigenvalue weighted by Gasteiger charge is 2.25. The number of guanidine groups is 1. The zero-order valence-corrected chi connectivity index (χ0v) is 18.9. The van der Waals surface area contributed by atoms with Gasteiger partial charge in [0.05, 0.1) is 25.9 Å². The van der Waals surface area contributed by atoms with E-state index in [-0.39, 0.29) is 0 Å². The van der Waals surface area contributed by atoms with Gasteiger partial charge in [0, 0.05) is 38.1 Å². The minimum Gasteiger partial charge on any atom is -0.495 e. The average Bonchev–Trinajstić information content (AvgIpc) is 3.51. The molecule has 3 aromatic rings. The lowest BCUT2D eigenvalue weighted by molar-refractivity contribution is 0.415. The Morgan fingerprint density at radius 1 is 1.12 bits per heavy atom. The van der Waals surface area contributed by atoms with Gasteiger partial charge in [0.2, 0.25) is 0 Å². The number of aromatic nitrogens is 2. The Labute approximate surface area is 190 Å². The van der Waals surface area contributed by atoms with Gasteiger partial charge in [0.15, 0.2) is 5.96 Å². The molecule has 1 aromatic heterocycles. The lowest BCUT2D eigenvalue weighted by atomic mass is 10.1. The van der Waals surface area contributed by atoms with Crippen molar-refractivity contribution in [2.75, 3.05) is 31.6 Å². The van der Waals surface area contributed by atoms with Gasteiger partial charge in [-0.15, -0.1) is 0 Å². The monoisotopic (exact) mass is 432 g/mol. The van der Waals surface area contributed by atoms with E-state index in [1.165, 1.54) is 11.1 Å². The molecular weight excluding hydrogens is 400 g/mol. The molecule has 2 heterocycles. The summed E-state index contributed by atoms with van der Waals surface area (Å²) in [6.07, 6.45) is 4.85. The first-order valence-electron chi connectivity index (χ1n) is 11.2. The predicted molar refractivity (Wildman–Crippen MR) is 129 cm³/mol. The van der Waals surface area contributed by atoms with Crippen LogP contribution in [0.25, 0.3) is 0 Å². The number of nitrogens with one attached hydrogen (secondary N) is 2. The Morgan fingerprint density at radius 2 is 1.94 bits per heavy atom. The molecule has 0 aliphatic carbocycles. The quantitative estimate of drug-likeness (QED) is 0.422. The minimum absolute atomic E-state index is 0.331. The van der Waals surface area contributed by atoms with E-state index in [4.69, 9.17) is 9.73 Å². The molecule has 1 fully saturated rings. The summed E-state index contributed by atoms with van der Waals surface area (Å²) in [6, 6.07) is 18.9. The van der Waals surface area contributed by atoms with Crippen molar-refractivity contribution >= 4 is 11.6 Å². The van der Waals surface area contributed by atoms with Crippen molar-refractivity contribution in [2.24, 2.45) is 4.99 Å². The largest absolute Gasteiger partial charge is 0.495 e. The Bertz CT molecular complexity index is 1020. The molecule has 1 aliphatic rings. The van der Waals surface area contributed by atoms with E-state index in [2.05, 4.69) is 64.0 Å². The molecule has 2 aromatic carbocycles. The number of rotatable bonds is 8. The SMILES string of the molecule is CCNC(=NCc1ccccc1Cn1cccn1)NC1CCN(c2ccccc2OC)C1. The minimum atomic E-state index is 0.331. The van der Waals surface area contributed by atoms with E-state index in [9.17, 15) is 0 Å². The van der Waals surface area contributed by atoms with Gasteiger partial charge in [-0.1, -0.05) is 36.4 Å². The van der Waals surface area contributed by atoms with Gasteiger partial charge >= 0.3 is 0 Å². The first-order valence-corrected chi connectivity index (χ1v) is 11.2. The van der Waals surface area contributed by atoms with Crippen LogP contribution in [-0.4, -0.2) is 48.5 Å². The number of ether oxygens (including phenoxy) is 1. The summed E-state index contributed by atoms with van der Waals surface area (Å²) >= 11 is 0. The first kappa shape index (κ1) is 21.7. The Hall–Kier alpha value is -3.48. The Balaban J connectivity index is 1.41. The third kappa shape index (κ3) is 5.41. The van der Waals surface area contributed by atoms with Crippen LogP contribution < -0.4 is 20.3 Å². The first-order chi connectivity index (χ1) is 15.8. The van der Waals surface area contributed by atoms with Crippen LogP contribution in [0.1, 0.15) is 24.5 Å². The van der Waals surface area contributed by atoms with Crippen molar-refractivity contribution in [3.8, 4) is 5.75 Å². The summed E-state index contributed by atoms with van der Waals surface area (Å²) in [5.74, 6) is 1.77. The van der Waals surface area contributed by atoms with Crippen molar-refractivity contribution in [1.82, 2.24) is 20.4 Å². The fourth-order valence-corrected chi connectivity index (χ4v) is 4.10. The van der Waals surface area contributed by atoms with E-state index in [0.29, 0.717) is 12.6 Å². The zero-order valence-electron chi connectivity index (χ0n) is 18.9. The maximum Gasteiger partial charge on any atom is 0.191 e. The number of aliphatic imine (C=N–C) groups is 1. The summed E-state index contributed by atoms with van der Waals surface area (Å²) in [6.45, 7) is 6.20. The van der Waals surface area contributed by atoms with Crippen molar-refractivity contribution in [3.63, 3.8) is 0 Å². The zero-order chi connectivity index (χ0) is 22.2. The molecule has 1 saturated heterocycles. The number of hydrogen-bond donors (Lipinski definition) is 2. The molecule has 7 heteroatoms. The van der Waals surface area contributed by atoms with Crippen LogP contribution in [0, 0.1) is 0 Å². The van der Waals surface area contributed by atoms with E-state index >= 15 is 0 Å². The van der Waals surface area contributed by atoms with Gasteiger partial charge in [-0.25, -0.2) is 4.99 Å². The summed E-state index contributed by atoms with van der Waals surface area (Å²) in [5, 5.41) is 11.4. The summed E-state index contributed by atoms with van der Waals surface area (Å²) in [4.78, 5) is 7.26. The Kier molecular flexibility index (Phi) is 7.27. The van der Waals surface area contributed by atoms with Crippen LogP contribution in [0.5, 0.6) is 5.75 Å². The van der Waals surface area contributed by atoms with Gasteiger partial charge < -0.3 is 20.3 Å². The molecule has 0 radical (unpaired) electrons. The van der Waals surface area contributed by atoms with Crippen LogP contribution in [0.4, 0.5) is 5.69 Å². The van der Waals surface area contributed by atoms with Crippen LogP contribution >= 0.6 is 0 Å². The molecule has 1 aliphatic heterocycles. The maximum atomic E-state index is 5.54. The fraction of sp³-hybridized carbons (Fsp3) is 0.360. The highest BCUT2D eigenvalue weighted by molar-refractivity contribution is 5.80. The average molecular weight is 433 g/mol. The number of para-hydroxylation sites is 2. The van der Waals surface area contributed by atoms with Gasteiger partial charge in [0.25, 0.3) is 0 Å². The molecule has 32 heavy (non-hydrogen) atoms. The maximum absolute atomic E-state index is 5.54. The van der Waals surface area contributed by atoms with Crippen LogP contribution in [0.2, 0.25) is 0 Å². The van der Waals surface area contributed by atoms with E-state index in [1.807, 2.05) is 35.3 Å². The van der Waals surface area contributed by atoms with Crippen LogP contribution in [0.15, 0.2) is 72.0 Å². The molecule has 0 amide bonds. The molecule has 1 unspecified atom stereocenters. The van der Waals surface area contributed by atoms with E-state index in [0.717, 1.165) is 50.0 Å². The smallest absolute Gasteiger partial charge is 0.191 e. The van der Waals surface area contributed by atoms with Crippen molar-refractivity contribution < 1.29 is 4.74 Å². The van der Waals surface area contributed by atoms with E-state index in [1.54, 1.807) is 7.11 Å². The molecule has 7 nitrogen and oxygen atoms in total. The predicted octanol–water partition coefficient (Wildman–Crippen LogP) is 3.27. The summed E-state index contributed by atoms with van der Waals surface area (Å²) in [7, 11) is 1.73. The summed E-state index contributed by atoms with van der Waals surface area (Å²) < 4.78 is 7.49. The van der Waals surface area contributed by atoms with E-state index < -0.39 is 0 Å². The fourth-order valence-electron chi connectivity index (χ4n) is 4.10. The lowest BCUT2D eigenvalue weighted by Gasteiger charge is -2.22. The number of hydrogen-bond acceptors (Lipinski definition) is 4. The van der Waals surface area contributed by atoms with Crippen molar-refractivity contribution in [1.29, 1.82) is 0 Å². The normalized spacial score (nSPS) is 16.2. The number of anilines is 1. The number of benzene rings is 2. The van der Waals surface area contributed by atoms with Crippen molar-refractivity contribution in [2.45, 2.75) is 32.5 Å². The third-order valence-corrected chi connectivity index (χ3v) is 5.72. The summed E-state index contributed by atoms with van der Waals surface area (Å²) in [5.41, 5.74) is 3.59. The molecule has 1 atom stereocenters. The number of nitrogens with zero attached hydrogens (tertiary/aromatic N) is 4. The van der Waals surface area contributed by atoms with Crippen LogP contribution in [-0.2, 0) is 13.1 Å². The molecule has 168 valence electrons. The highest BCUT2D eigenvalue weighted by atomic mass is 16.5. The van der Waals surface area contributed by atoms with Gasteiger partial charge in [-0.2, -0.15) is 5.10 Å². The molecular formula is C25H32N6O. The second kappa shape index (κ2) is 10.7. The second-order valence-electron chi connectivity index (χ2n) is 7.92. The second-order valence-corrected chi connectivity index (χ2v) is 7.92. The number of methoxy groups -OCH3 is 1. The molecule has 2 N–H and O–H groups in total. The van der Waals surface area contributed by atoms with Gasteiger partial charge in [0.1, 0.15) is 5.75 Å². The highest BCUT2D eigenvalue weighted by Crippen LogP contribution is 2.30. The van der Waals surface area contributed by atoms with Gasteiger partial charge in [-0.05, 0) is 42.7 Å². The topological polar surface area (TPSA) is 66.7 Å². The van der Waals surface area contributed by atoms with Gasteiger partial charge in [-0.3, -0.25) is 4.68 Å². The lowest BCUT2D eigenvalue weighted by Crippen LogP contribution is -2.44.